The minimum Gasteiger partial charge on any atom is -0.478 e. The molecule has 5 heteroatoms. The van der Waals surface area contributed by atoms with Gasteiger partial charge >= 0.3 is 5.97 Å². The van der Waals surface area contributed by atoms with E-state index >= 15 is 0 Å². The van der Waals surface area contributed by atoms with E-state index in [0.717, 1.165) is 0 Å². The molecule has 1 N–H and O–H groups in total. The molecule has 0 saturated heterocycles. The lowest BCUT2D eigenvalue weighted by molar-refractivity contribution is -0.132. The fraction of sp³-hybridized carbons (Fsp3) is 0.154. The average Bonchev–Trinajstić information content (AvgIpc) is 2.35. The molecule has 18 heavy (non-hydrogen) atoms. The van der Waals surface area contributed by atoms with E-state index in [0.29, 0.717) is 9.13 Å². The number of hydrogen-bond acceptors (Lipinski definition) is 3. The van der Waals surface area contributed by atoms with Crippen molar-refractivity contribution in [2.75, 3.05) is 0 Å². The summed E-state index contributed by atoms with van der Waals surface area (Å²) in [7, 11) is 0. The zero-order valence-electron chi connectivity index (χ0n) is 9.48. The van der Waals surface area contributed by atoms with Crippen molar-refractivity contribution in [2.45, 2.75) is 12.8 Å². The monoisotopic (exact) mass is 358 g/mol. The van der Waals surface area contributed by atoms with Crippen molar-refractivity contribution in [1.29, 1.82) is 0 Å². The quantitative estimate of drug-likeness (QED) is 0.367. The fourth-order valence-electron chi connectivity index (χ4n) is 1.28. The molecule has 0 radical (unpaired) electrons. The first-order valence-electron chi connectivity index (χ1n) is 5.16. The predicted molar refractivity (Wildman–Crippen MR) is 74.5 cm³/mol. The van der Waals surface area contributed by atoms with Gasteiger partial charge in [0.2, 0.25) is 11.6 Å². The molecule has 94 valence electrons. The first kappa shape index (κ1) is 14.6. The van der Waals surface area contributed by atoms with Gasteiger partial charge in [0.05, 0.1) is 0 Å². The Hall–Kier alpha value is -1.50. The van der Waals surface area contributed by atoms with Crippen molar-refractivity contribution < 1.29 is 19.5 Å². The van der Waals surface area contributed by atoms with Crippen molar-refractivity contribution >= 4 is 40.1 Å². The Morgan fingerprint density at radius 1 is 1.17 bits per heavy atom. The minimum absolute atomic E-state index is 0.0106. The van der Waals surface area contributed by atoms with Gasteiger partial charge in [-0.3, -0.25) is 9.59 Å². The number of benzene rings is 1. The van der Waals surface area contributed by atoms with Crippen molar-refractivity contribution in [1.82, 2.24) is 0 Å². The molecule has 0 heterocycles. The number of carboxylic acid groups (broad SMARTS) is 1. The SMILES string of the molecule is C=C(CCC(=O)C(=O)c1ccccc1I)C(=O)O. The summed E-state index contributed by atoms with van der Waals surface area (Å²) in [6.07, 6.45) is -0.141. The highest BCUT2D eigenvalue weighted by Crippen LogP contribution is 2.14. The van der Waals surface area contributed by atoms with E-state index in [2.05, 4.69) is 6.58 Å². The summed E-state index contributed by atoms with van der Waals surface area (Å²) in [6.45, 7) is 3.31. The van der Waals surface area contributed by atoms with E-state index in [9.17, 15) is 14.4 Å². The highest BCUT2D eigenvalue weighted by Gasteiger charge is 2.19. The molecule has 0 atom stereocenters. The fourth-order valence-corrected chi connectivity index (χ4v) is 1.91. The Labute approximate surface area is 118 Å². The molecule has 0 unspecified atom stereocenters. The van der Waals surface area contributed by atoms with E-state index in [-0.39, 0.29) is 18.4 Å². The van der Waals surface area contributed by atoms with Gasteiger partial charge in [-0.15, -0.1) is 0 Å². The highest BCUT2D eigenvalue weighted by molar-refractivity contribution is 14.1. The van der Waals surface area contributed by atoms with Gasteiger partial charge in [0.1, 0.15) is 0 Å². The van der Waals surface area contributed by atoms with Gasteiger partial charge in [-0.2, -0.15) is 0 Å². The Balaban J connectivity index is 2.69. The van der Waals surface area contributed by atoms with E-state index in [1.165, 1.54) is 0 Å². The average molecular weight is 358 g/mol. The largest absolute Gasteiger partial charge is 0.478 e. The molecular weight excluding hydrogens is 347 g/mol. The van der Waals surface area contributed by atoms with Crippen LogP contribution >= 0.6 is 22.6 Å². The maximum atomic E-state index is 11.8. The summed E-state index contributed by atoms with van der Waals surface area (Å²) in [5.41, 5.74) is 0.281. The Bertz CT molecular complexity index is 519. The van der Waals surface area contributed by atoms with Gasteiger partial charge in [-0.1, -0.05) is 18.7 Å². The number of Topliss-reactive ketones (excluding diaryl/α,β-unsaturated/α-hetero) is 2. The van der Waals surface area contributed by atoms with E-state index in [1.54, 1.807) is 24.3 Å². The number of hydrogen-bond donors (Lipinski definition) is 1. The standard InChI is InChI=1S/C13H11IO4/c1-8(13(17)18)6-7-11(15)12(16)9-4-2-3-5-10(9)14/h2-5H,1,6-7H2,(H,17,18). The summed E-state index contributed by atoms with van der Waals surface area (Å²) in [4.78, 5) is 34.0. The van der Waals surface area contributed by atoms with Crippen molar-refractivity contribution in [3.8, 4) is 0 Å². The smallest absolute Gasteiger partial charge is 0.330 e. The highest BCUT2D eigenvalue weighted by atomic mass is 127. The van der Waals surface area contributed by atoms with E-state index in [1.807, 2.05) is 22.6 Å². The van der Waals surface area contributed by atoms with Crippen LogP contribution in [0.4, 0.5) is 0 Å². The second-order valence-corrected chi connectivity index (χ2v) is 4.80. The molecule has 4 nitrogen and oxygen atoms in total. The van der Waals surface area contributed by atoms with Crippen molar-refractivity contribution in [2.24, 2.45) is 0 Å². The summed E-state index contributed by atoms with van der Waals surface area (Å²) >= 11 is 1.98. The van der Waals surface area contributed by atoms with Crippen LogP contribution in [-0.2, 0) is 9.59 Å². The van der Waals surface area contributed by atoms with Gasteiger partial charge in [0.25, 0.3) is 0 Å². The van der Waals surface area contributed by atoms with Gasteiger partial charge < -0.3 is 5.11 Å². The van der Waals surface area contributed by atoms with Crippen LogP contribution in [0.25, 0.3) is 0 Å². The third-order valence-electron chi connectivity index (χ3n) is 2.33. The number of ketones is 2. The third-order valence-corrected chi connectivity index (χ3v) is 3.27. The lowest BCUT2D eigenvalue weighted by Crippen LogP contribution is -2.16. The number of rotatable bonds is 6. The number of carbonyl (C=O) groups is 3. The molecule has 0 aromatic heterocycles. The van der Waals surface area contributed by atoms with Crippen LogP contribution in [-0.4, -0.2) is 22.6 Å². The van der Waals surface area contributed by atoms with Crippen LogP contribution in [0.2, 0.25) is 0 Å². The van der Waals surface area contributed by atoms with Crippen LogP contribution in [0, 0.1) is 3.57 Å². The molecule has 0 fully saturated rings. The topological polar surface area (TPSA) is 71.4 Å². The van der Waals surface area contributed by atoms with E-state index < -0.39 is 17.5 Å². The van der Waals surface area contributed by atoms with Gasteiger partial charge in [0, 0.05) is 21.1 Å². The molecular formula is C13H11IO4. The summed E-state index contributed by atoms with van der Waals surface area (Å²) in [5, 5.41) is 8.60. The van der Waals surface area contributed by atoms with Gasteiger partial charge in [-0.05, 0) is 41.1 Å². The summed E-state index contributed by atoms with van der Waals surface area (Å²) in [5.74, 6) is -2.33. The first-order valence-corrected chi connectivity index (χ1v) is 6.24. The Kier molecular flexibility index (Phi) is 5.21. The van der Waals surface area contributed by atoms with Gasteiger partial charge in [0.15, 0.2) is 0 Å². The normalized spacial score (nSPS) is 9.83. The first-order chi connectivity index (χ1) is 8.43. The number of halogens is 1. The molecule has 0 amide bonds. The van der Waals surface area contributed by atoms with E-state index in [4.69, 9.17) is 5.11 Å². The van der Waals surface area contributed by atoms with Crippen molar-refractivity contribution in [3.05, 3.63) is 45.6 Å². The van der Waals surface area contributed by atoms with Crippen LogP contribution in [0.1, 0.15) is 23.2 Å². The molecule has 0 saturated carbocycles. The lowest BCUT2D eigenvalue weighted by atomic mass is 10.0. The maximum Gasteiger partial charge on any atom is 0.330 e. The van der Waals surface area contributed by atoms with Crippen LogP contribution in [0.3, 0.4) is 0 Å². The molecule has 0 aliphatic carbocycles. The predicted octanol–water partition coefficient (Wildman–Crippen LogP) is 2.46. The van der Waals surface area contributed by atoms with Crippen LogP contribution in [0.5, 0.6) is 0 Å². The van der Waals surface area contributed by atoms with Crippen LogP contribution < -0.4 is 0 Å². The maximum absolute atomic E-state index is 11.8. The number of aliphatic carboxylic acids is 1. The molecule has 0 spiro atoms. The summed E-state index contributed by atoms with van der Waals surface area (Å²) < 4.78 is 0.700. The Morgan fingerprint density at radius 2 is 1.78 bits per heavy atom. The van der Waals surface area contributed by atoms with Gasteiger partial charge in [-0.25, -0.2) is 4.79 Å². The number of carboxylic acids is 1. The van der Waals surface area contributed by atoms with Crippen LogP contribution in [0.15, 0.2) is 36.4 Å². The zero-order chi connectivity index (χ0) is 13.7. The third kappa shape index (κ3) is 3.76. The molecule has 1 aromatic carbocycles. The molecule has 1 rings (SSSR count). The molecule has 0 bridgehead atoms. The molecule has 1 aromatic rings. The zero-order valence-corrected chi connectivity index (χ0v) is 11.6. The number of carbonyl (C=O) groups excluding carboxylic acids is 2. The minimum atomic E-state index is -1.15. The molecule has 0 aliphatic rings. The Morgan fingerprint density at radius 3 is 2.33 bits per heavy atom. The van der Waals surface area contributed by atoms with Crippen molar-refractivity contribution in [3.63, 3.8) is 0 Å². The second-order valence-electron chi connectivity index (χ2n) is 3.64. The lowest BCUT2D eigenvalue weighted by Gasteiger charge is -2.03. The molecule has 0 aliphatic heterocycles. The summed E-state index contributed by atoms with van der Waals surface area (Å²) in [6, 6.07) is 6.76. The second kappa shape index (κ2) is 6.44.